The third-order valence-corrected chi connectivity index (χ3v) is 6.81. The van der Waals surface area contributed by atoms with Crippen LogP contribution in [0.3, 0.4) is 0 Å². The Labute approximate surface area is 199 Å². The van der Waals surface area contributed by atoms with Gasteiger partial charge in [0.1, 0.15) is 6.04 Å². The number of rotatable bonds is 11. The van der Waals surface area contributed by atoms with Gasteiger partial charge in [-0.1, -0.05) is 66.9 Å². The molecule has 0 radical (unpaired) electrons. The predicted molar refractivity (Wildman–Crippen MR) is 132 cm³/mol. The first-order valence-electron chi connectivity index (χ1n) is 10.5. The van der Waals surface area contributed by atoms with E-state index in [2.05, 4.69) is 31.3 Å². The molecule has 168 valence electrons. The van der Waals surface area contributed by atoms with Crippen molar-refractivity contribution in [2.75, 3.05) is 12.3 Å². The van der Waals surface area contributed by atoms with E-state index in [1.807, 2.05) is 12.1 Å². The molecule has 7 heteroatoms. The van der Waals surface area contributed by atoms with Crippen molar-refractivity contribution in [1.29, 1.82) is 0 Å². The largest absolute Gasteiger partial charge is 0.354 e. The monoisotopic (exact) mass is 480 g/mol. The molecule has 0 saturated heterocycles. The quantitative estimate of drug-likeness (QED) is 0.409. The average Bonchev–Trinajstić information content (AvgIpc) is 2.74. The molecular weight excluding hydrogens is 451 g/mol. The lowest BCUT2D eigenvalue weighted by Gasteiger charge is -2.29. The van der Waals surface area contributed by atoms with Gasteiger partial charge >= 0.3 is 0 Å². The topological polar surface area (TPSA) is 49.4 Å². The van der Waals surface area contributed by atoms with E-state index in [-0.39, 0.29) is 24.1 Å². The maximum atomic E-state index is 13.2. The van der Waals surface area contributed by atoms with Crippen LogP contribution in [-0.4, -0.2) is 35.1 Å². The van der Waals surface area contributed by atoms with Crippen LogP contribution in [0.1, 0.15) is 43.4 Å². The highest BCUT2D eigenvalue weighted by Gasteiger charge is 2.27. The average molecular weight is 481 g/mol. The number of carbonyl (C=O) groups is 2. The summed E-state index contributed by atoms with van der Waals surface area (Å²) >= 11 is 14.2. The van der Waals surface area contributed by atoms with Gasteiger partial charge in [-0.15, -0.1) is 11.8 Å². The molecule has 1 unspecified atom stereocenters. The van der Waals surface area contributed by atoms with Gasteiger partial charge in [0.05, 0.1) is 5.75 Å². The number of halogens is 2. The molecule has 0 spiro atoms. The summed E-state index contributed by atoms with van der Waals surface area (Å²) in [5, 5.41) is 3.88. The molecule has 0 aliphatic heterocycles. The molecule has 0 aliphatic rings. The maximum Gasteiger partial charge on any atom is 0.242 e. The SMILES string of the molecule is CCCCNC(=O)C(C)N(Cc1c(Cl)cccc1Cl)C(=O)CSCc1ccccc1C. The molecule has 2 rings (SSSR count). The van der Waals surface area contributed by atoms with E-state index in [0.29, 0.717) is 22.2 Å². The van der Waals surface area contributed by atoms with Gasteiger partial charge in [0.2, 0.25) is 11.8 Å². The molecule has 1 N–H and O–H groups in total. The molecule has 1 atom stereocenters. The molecule has 31 heavy (non-hydrogen) atoms. The van der Waals surface area contributed by atoms with Crippen LogP contribution in [0.15, 0.2) is 42.5 Å². The normalized spacial score (nSPS) is 11.8. The molecule has 2 amide bonds. The Hall–Kier alpha value is -1.69. The summed E-state index contributed by atoms with van der Waals surface area (Å²) in [6, 6.07) is 12.7. The molecule has 2 aromatic rings. The molecule has 4 nitrogen and oxygen atoms in total. The van der Waals surface area contributed by atoms with Crippen LogP contribution >= 0.6 is 35.0 Å². The van der Waals surface area contributed by atoms with Gasteiger partial charge in [0, 0.05) is 34.5 Å². The number of nitrogens with one attached hydrogen (secondary N) is 1. The van der Waals surface area contributed by atoms with Crippen LogP contribution in [0.2, 0.25) is 10.0 Å². The summed E-state index contributed by atoms with van der Waals surface area (Å²) in [5.41, 5.74) is 3.05. The second-order valence-corrected chi connectivity index (χ2v) is 9.26. The number of carbonyl (C=O) groups excluding carboxylic acids is 2. The number of thioether (sulfide) groups is 1. The van der Waals surface area contributed by atoms with Crippen LogP contribution in [0.5, 0.6) is 0 Å². The lowest BCUT2D eigenvalue weighted by Crippen LogP contribution is -2.48. The summed E-state index contributed by atoms with van der Waals surface area (Å²) in [4.78, 5) is 27.4. The molecule has 2 aromatic carbocycles. The number of hydrogen-bond acceptors (Lipinski definition) is 3. The van der Waals surface area contributed by atoms with Gasteiger partial charge in [0.25, 0.3) is 0 Å². The smallest absolute Gasteiger partial charge is 0.242 e. The van der Waals surface area contributed by atoms with Crippen molar-refractivity contribution < 1.29 is 9.59 Å². The zero-order chi connectivity index (χ0) is 22.8. The molecule has 0 aromatic heterocycles. The van der Waals surface area contributed by atoms with Crippen molar-refractivity contribution >= 4 is 46.8 Å². The Morgan fingerprint density at radius 2 is 1.77 bits per heavy atom. The van der Waals surface area contributed by atoms with Gasteiger partial charge in [-0.3, -0.25) is 9.59 Å². The second-order valence-electron chi connectivity index (χ2n) is 7.46. The number of aryl methyl sites for hydroxylation is 1. The van der Waals surface area contributed by atoms with Gasteiger partial charge in [-0.05, 0) is 43.5 Å². The predicted octanol–water partition coefficient (Wildman–Crippen LogP) is 5.87. The van der Waals surface area contributed by atoms with Crippen LogP contribution in [0.4, 0.5) is 0 Å². The van der Waals surface area contributed by atoms with Crippen molar-refractivity contribution in [2.24, 2.45) is 0 Å². The van der Waals surface area contributed by atoms with E-state index in [1.165, 1.54) is 22.9 Å². The molecule has 0 saturated carbocycles. The lowest BCUT2D eigenvalue weighted by atomic mass is 10.1. The molecule has 0 bridgehead atoms. The van der Waals surface area contributed by atoms with Gasteiger partial charge < -0.3 is 10.2 Å². The second kappa shape index (κ2) is 13.0. The van der Waals surface area contributed by atoms with Crippen LogP contribution in [0, 0.1) is 6.92 Å². The Kier molecular flexibility index (Phi) is 10.7. The van der Waals surface area contributed by atoms with E-state index < -0.39 is 6.04 Å². The van der Waals surface area contributed by atoms with Crippen molar-refractivity contribution in [2.45, 2.75) is 52.0 Å². The number of benzene rings is 2. The highest BCUT2D eigenvalue weighted by Crippen LogP contribution is 2.27. The van der Waals surface area contributed by atoms with E-state index in [9.17, 15) is 9.59 Å². The molecule has 0 fully saturated rings. The first kappa shape index (κ1) is 25.6. The molecule has 0 heterocycles. The number of amides is 2. The van der Waals surface area contributed by atoms with E-state index >= 15 is 0 Å². The Bertz CT molecular complexity index is 871. The summed E-state index contributed by atoms with van der Waals surface area (Å²) in [6.07, 6.45) is 1.89. The zero-order valence-corrected chi connectivity index (χ0v) is 20.6. The van der Waals surface area contributed by atoms with Crippen molar-refractivity contribution in [1.82, 2.24) is 10.2 Å². The fourth-order valence-corrected chi connectivity index (χ4v) is 4.58. The van der Waals surface area contributed by atoms with E-state index in [0.717, 1.165) is 18.6 Å². The Morgan fingerprint density at radius 1 is 1.10 bits per heavy atom. The molecule has 0 aliphatic carbocycles. The summed E-state index contributed by atoms with van der Waals surface area (Å²) in [7, 11) is 0. The lowest BCUT2D eigenvalue weighted by molar-refractivity contribution is -0.138. The van der Waals surface area contributed by atoms with Gasteiger partial charge in [0.15, 0.2) is 0 Å². The first-order chi connectivity index (χ1) is 14.8. The number of hydrogen-bond donors (Lipinski definition) is 1. The van der Waals surface area contributed by atoms with Crippen LogP contribution in [-0.2, 0) is 21.9 Å². The first-order valence-corrected chi connectivity index (χ1v) is 12.4. The third kappa shape index (κ3) is 7.74. The van der Waals surface area contributed by atoms with E-state index in [4.69, 9.17) is 23.2 Å². The standard InChI is InChI=1S/C24H30Cl2N2O2S/c1-4-5-13-27-24(30)18(3)28(14-20-21(25)11-8-12-22(20)26)23(29)16-31-15-19-10-7-6-9-17(19)2/h6-12,18H,4-5,13-16H2,1-3H3,(H,27,30). The van der Waals surface area contributed by atoms with Crippen LogP contribution in [0.25, 0.3) is 0 Å². The zero-order valence-electron chi connectivity index (χ0n) is 18.3. The minimum atomic E-state index is -0.629. The summed E-state index contributed by atoms with van der Waals surface area (Å²) < 4.78 is 0. The fraction of sp³-hybridized carbons (Fsp3) is 0.417. The molecular formula is C24H30Cl2N2O2S. The van der Waals surface area contributed by atoms with Crippen molar-refractivity contribution in [3.63, 3.8) is 0 Å². The van der Waals surface area contributed by atoms with Gasteiger partial charge in [-0.25, -0.2) is 0 Å². The Balaban J connectivity index is 2.12. The van der Waals surface area contributed by atoms with Gasteiger partial charge in [-0.2, -0.15) is 0 Å². The number of nitrogens with zero attached hydrogens (tertiary/aromatic N) is 1. The maximum absolute atomic E-state index is 13.2. The van der Waals surface area contributed by atoms with Crippen molar-refractivity contribution in [3.8, 4) is 0 Å². The highest BCUT2D eigenvalue weighted by molar-refractivity contribution is 7.99. The fourth-order valence-electron chi connectivity index (χ4n) is 3.08. The summed E-state index contributed by atoms with van der Waals surface area (Å²) in [6.45, 7) is 6.65. The van der Waals surface area contributed by atoms with Crippen molar-refractivity contribution in [3.05, 3.63) is 69.2 Å². The minimum absolute atomic E-state index is 0.118. The minimum Gasteiger partial charge on any atom is -0.354 e. The highest BCUT2D eigenvalue weighted by atomic mass is 35.5. The third-order valence-electron chi connectivity index (χ3n) is 5.13. The van der Waals surface area contributed by atoms with E-state index in [1.54, 1.807) is 30.0 Å². The Morgan fingerprint density at radius 3 is 2.42 bits per heavy atom. The number of unbranched alkanes of at least 4 members (excludes halogenated alkanes) is 1. The van der Waals surface area contributed by atoms with Crippen LogP contribution < -0.4 is 5.32 Å². The summed E-state index contributed by atoms with van der Waals surface area (Å²) in [5.74, 6) is 0.709.